The third-order valence-electron chi connectivity index (χ3n) is 4.55. The standard InChI is InChI=1S/C19H29N5O2S/c1-3-21-19(22-15-17-6-4-16(14-20)5-7-17)23-18-8-10-24(11-9-18)12-13-27(2,25)26/h4-7,18H,3,8-13,15H2,1-2H3,(H2,21,22,23). The average Bonchev–Trinajstić information content (AvgIpc) is 2.65. The second kappa shape index (κ2) is 10.3. The molecule has 2 rings (SSSR count). The first kappa shape index (κ1) is 21.2. The van der Waals surface area contributed by atoms with E-state index in [9.17, 15) is 8.42 Å². The van der Waals surface area contributed by atoms with Gasteiger partial charge in [-0.3, -0.25) is 0 Å². The predicted molar refractivity (Wildman–Crippen MR) is 108 cm³/mol. The summed E-state index contributed by atoms with van der Waals surface area (Å²) in [6, 6.07) is 9.90. The molecule has 0 atom stereocenters. The summed E-state index contributed by atoms with van der Waals surface area (Å²) in [7, 11) is -2.91. The number of nitrogens with zero attached hydrogens (tertiary/aromatic N) is 3. The molecule has 2 N–H and O–H groups in total. The molecule has 1 aromatic carbocycles. The molecular weight excluding hydrogens is 362 g/mol. The van der Waals surface area contributed by atoms with Crippen molar-refractivity contribution < 1.29 is 8.42 Å². The molecule has 1 aromatic rings. The van der Waals surface area contributed by atoms with E-state index in [1.54, 1.807) is 12.1 Å². The van der Waals surface area contributed by atoms with Gasteiger partial charge in [0, 0.05) is 38.5 Å². The highest BCUT2D eigenvalue weighted by Crippen LogP contribution is 2.10. The van der Waals surface area contributed by atoms with Gasteiger partial charge >= 0.3 is 0 Å². The van der Waals surface area contributed by atoms with Crippen molar-refractivity contribution in [2.75, 3.05) is 38.2 Å². The van der Waals surface area contributed by atoms with Crippen LogP contribution in [0.25, 0.3) is 0 Å². The Labute approximate surface area is 162 Å². The highest BCUT2D eigenvalue weighted by Gasteiger charge is 2.20. The van der Waals surface area contributed by atoms with Crippen LogP contribution in [-0.4, -0.2) is 63.5 Å². The lowest BCUT2D eigenvalue weighted by molar-refractivity contribution is 0.216. The Morgan fingerprint density at radius 2 is 1.96 bits per heavy atom. The molecule has 0 amide bonds. The van der Waals surface area contributed by atoms with Gasteiger partial charge in [-0.15, -0.1) is 0 Å². The number of benzene rings is 1. The highest BCUT2D eigenvalue weighted by molar-refractivity contribution is 7.90. The van der Waals surface area contributed by atoms with Crippen LogP contribution in [-0.2, 0) is 16.4 Å². The van der Waals surface area contributed by atoms with Crippen molar-refractivity contribution in [2.45, 2.75) is 32.4 Å². The van der Waals surface area contributed by atoms with Crippen molar-refractivity contribution in [1.82, 2.24) is 15.5 Å². The molecular formula is C19H29N5O2S. The van der Waals surface area contributed by atoms with Gasteiger partial charge in [-0.1, -0.05) is 12.1 Å². The first-order valence-corrected chi connectivity index (χ1v) is 11.4. The molecule has 148 valence electrons. The molecule has 1 aliphatic rings. The van der Waals surface area contributed by atoms with Gasteiger partial charge in [-0.25, -0.2) is 13.4 Å². The maximum absolute atomic E-state index is 11.3. The van der Waals surface area contributed by atoms with Crippen molar-refractivity contribution >= 4 is 15.8 Å². The number of piperidine rings is 1. The SMILES string of the molecule is CCNC(=NCc1ccc(C#N)cc1)NC1CCN(CCS(C)(=O)=O)CC1. The minimum absolute atomic E-state index is 0.222. The van der Waals surface area contributed by atoms with E-state index in [0.29, 0.717) is 24.7 Å². The summed E-state index contributed by atoms with van der Waals surface area (Å²) in [5.41, 5.74) is 1.71. The summed E-state index contributed by atoms with van der Waals surface area (Å²) in [6.07, 6.45) is 3.21. The Bertz CT molecular complexity index is 760. The maximum atomic E-state index is 11.3. The molecule has 0 bridgehead atoms. The van der Waals surface area contributed by atoms with Crippen LogP contribution < -0.4 is 10.6 Å². The zero-order valence-electron chi connectivity index (χ0n) is 16.1. The number of aliphatic imine (C=N–C) groups is 1. The number of sulfone groups is 1. The maximum Gasteiger partial charge on any atom is 0.191 e. The predicted octanol–water partition coefficient (Wildman–Crippen LogP) is 1.12. The van der Waals surface area contributed by atoms with Gasteiger partial charge in [-0.05, 0) is 37.5 Å². The van der Waals surface area contributed by atoms with Crippen LogP contribution >= 0.6 is 0 Å². The first-order valence-electron chi connectivity index (χ1n) is 9.33. The topological polar surface area (TPSA) is 97.6 Å². The van der Waals surface area contributed by atoms with Crippen molar-refractivity contribution in [3.63, 3.8) is 0 Å². The molecule has 0 spiro atoms. The molecule has 0 aromatic heterocycles. The summed E-state index contributed by atoms with van der Waals surface area (Å²) in [6.45, 7) is 5.76. The largest absolute Gasteiger partial charge is 0.357 e. The minimum atomic E-state index is -2.91. The smallest absolute Gasteiger partial charge is 0.191 e. The van der Waals surface area contributed by atoms with Gasteiger partial charge in [0.2, 0.25) is 0 Å². The van der Waals surface area contributed by atoms with E-state index in [-0.39, 0.29) is 5.75 Å². The molecule has 0 unspecified atom stereocenters. The number of guanidine groups is 1. The van der Waals surface area contributed by atoms with Crippen molar-refractivity contribution in [3.05, 3.63) is 35.4 Å². The molecule has 7 nitrogen and oxygen atoms in total. The van der Waals surface area contributed by atoms with Gasteiger partial charge in [0.05, 0.1) is 23.9 Å². The van der Waals surface area contributed by atoms with E-state index in [1.807, 2.05) is 19.1 Å². The molecule has 27 heavy (non-hydrogen) atoms. The van der Waals surface area contributed by atoms with Crippen LogP contribution in [0.4, 0.5) is 0 Å². The molecule has 0 saturated carbocycles. The fraction of sp³-hybridized carbons (Fsp3) is 0.579. The summed E-state index contributed by atoms with van der Waals surface area (Å²) in [5, 5.41) is 15.6. The van der Waals surface area contributed by atoms with Gasteiger partial charge < -0.3 is 15.5 Å². The summed E-state index contributed by atoms with van der Waals surface area (Å²) in [5.74, 6) is 1.01. The number of nitriles is 1. The van der Waals surface area contributed by atoms with Crippen molar-refractivity contribution in [1.29, 1.82) is 5.26 Å². The van der Waals surface area contributed by atoms with Crippen LogP contribution in [0.5, 0.6) is 0 Å². The molecule has 1 heterocycles. The number of likely N-dealkylation sites (tertiary alicyclic amines) is 1. The zero-order valence-corrected chi connectivity index (χ0v) is 16.9. The van der Waals surface area contributed by atoms with E-state index >= 15 is 0 Å². The number of hydrogen-bond donors (Lipinski definition) is 2. The van der Waals surface area contributed by atoms with Crippen LogP contribution in [0.2, 0.25) is 0 Å². The highest BCUT2D eigenvalue weighted by atomic mass is 32.2. The summed E-state index contributed by atoms with van der Waals surface area (Å²) >= 11 is 0. The molecule has 1 saturated heterocycles. The molecule has 0 aliphatic carbocycles. The quantitative estimate of drug-likeness (QED) is 0.534. The van der Waals surface area contributed by atoms with E-state index < -0.39 is 9.84 Å². The van der Waals surface area contributed by atoms with Gasteiger partial charge in [0.25, 0.3) is 0 Å². The Morgan fingerprint density at radius 3 is 2.52 bits per heavy atom. The normalized spacial score (nSPS) is 16.7. The molecule has 1 fully saturated rings. The first-order chi connectivity index (χ1) is 12.9. The van der Waals surface area contributed by atoms with Crippen LogP contribution in [0, 0.1) is 11.3 Å². The average molecular weight is 392 g/mol. The van der Waals surface area contributed by atoms with E-state index in [4.69, 9.17) is 5.26 Å². The van der Waals surface area contributed by atoms with Gasteiger partial charge in [0.15, 0.2) is 5.96 Å². The number of nitrogens with one attached hydrogen (secondary N) is 2. The number of hydrogen-bond acceptors (Lipinski definition) is 5. The van der Waals surface area contributed by atoms with Crippen LogP contribution in [0.3, 0.4) is 0 Å². The zero-order chi connectivity index (χ0) is 19.7. The number of rotatable bonds is 7. The Balaban J connectivity index is 1.84. The Kier molecular flexibility index (Phi) is 8.07. The lowest BCUT2D eigenvalue weighted by atomic mass is 10.1. The Morgan fingerprint density at radius 1 is 1.30 bits per heavy atom. The second-order valence-electron chi connectivity index (χ2n) is 6.89. The van der Waals surface area contributed by atoms with Gasteiger partial charge in [0.1, 0.15) is 9.84 Å². The summed E-state index contributed by atoms with van der Waals surface area (Å²) < 4.78 is 22.6. The monoisotopic (exact) mass is 391 g/mol. The van der Waals surface area contributed by atoms with Crippen LogP contribution in [0.15, 0.2) is 29.3 Å². The van der Waals surface area contributed by atoms with Gasteiger partial charge in [-0.2, -0.15) is 5.26 Å². The molecule has 0 radical (unpaired) electrons. The fourth-order valence-electron chi connectivity index (χ4n) is 2.96. The third kappa shape index (κ3) is 7.97. The third-order valence-corrected chi connectivity index (χ3v) is 5.48. The van der Waals surface area contributed by atoms with Crippen LogP contribution in [0.1, 0.15) is 30.9 Å². The van der Waals surface area contributed by atoms with Crippen molar-refractivity contribution in [2.24, 2.45) is 4.99 Å². The lowest BCUT2D eigenvalue weighted by Crippen LogP contribution is -2.49. The minimum Gasteiger partial charge on any atom is -0.357 e. The Hall–Kier alpha value is -2.11. The molecule has 1 aliphatic heterocycles. The fourth-order valence-corrected chi connectivity index (χ4v) is 3.55. The second-order valence-corrected chi connectivity index (χ2v) is 9.15. The van der Waals surface area contributed by atoms with E-state index in [1.165, 1.54) is 6.26 Å². The lowest BCUT2D eigenvalue weighted by Gasteiger charge is -2.32. The summed E-state index contributed by atoms with van der Waals surface area (Å²) in [4.78, 5) is 6.85. The van der Waals surface area contributed by atoms with E-state index in [2.05, 4.69) is 26.6 Å². The van der Waals surface area contributed by atoms with Crippen molar-refractivity contribution in [3.8, 4) is 6.07 Å². The molecule has 8 heteroatoms. The van der Waals surface area contributed by atoms with E-state index in [0.717, 1.165) is 44.0 Å².